The second-order valence-corrected chi connectivity index (χ2v) is 12.8. The Morgan fingerprint density at radius 1 is 0.685 bits per heavy atom. The average molecular weight is 773 g/mol. The molecule has 14 atom stereocenters. The summed E-state index contributed by atoms with van der Waals surface area (Å²) >= 11 is 0. The van der Waals surface area contributed by atoms with Crippen LogP contribution in [0.25, 0.3) is 6.08 Å². The number of carbonyl (C=O) groups excluding carboxylic acids is 1. The van der Waals surface area contributed by atoms with Crippen LogP contribution in [0.15, 0.2) is 42.5 Å². The van der Waals surface area contributed by atoms with Gasteiger partial charge < -0.3 is 94.4 Å². The Labute approximate surface area is 306 Å². The van der Waals surface area contributed by atoms with E-state index in [2.05, 4.69) is 0 Å². The highest BCUT2D eigenvalue weighted by Gasteiger charge is 2.55. The lowest BCUT2D eigenvalue weighted by Crippen LogP contribution is -2.67. The molecule has 300 valence electrons. The van der Waals surface area contributed by atoms with Gasteiger partial charge in [0.05, 0.1) is 26.4 Å². The van der Waals surface area contributed by atoms with E-state index in [1.54, 1.807) is 0 Å². The van der Waals surface area contributed by atoms with Crippen LogP contribution in [-0.4, -0.2) is 180 Å². The van der Waals surface area contributed by atoms with Gasteiger partial charge in [-0.3, -0.25) is 0 Å². The molecule has 20 heteroatoms. The van der Waals surface area contributed by atoms with E-state index in [4.69, 9.17) is 33.2 Å². The number of rotatable bonds is 13. The molecule has 0 bridgehead atoms. The molecule has 54 heavy (non-hydrogen) atoms. The first-order valence-corrected chi connectivity index (χ1v) is 16.8. The predicted octanol–water partition coefficient (Wildman–Crippen LogP) is -3.58. The number of carbonyl (C=O) groups is 1. The third kappa shape index (κ3) is 9.56. The Hall–Kier alpha value is -3.71. The maximum atomic E-state index is 13.2. The van der Waals surface area contributed by atoms with Crippen molar-refractivity contribution in [3.05, 3.63) is 53.6 Å². The molecule has 3 aliphatic rings. The molecular formula is C34H44O20. The molecular weight excluding hydrogens is 728 g/mol. The number of esters is 1. The molecule has 3 fully saturated rings. The number of phenols is 4. The zero-order valence-corrected chi connectivity index (χ0v) is 28.4. The number of phenolic OH excluding ortho intramolecular Hbond substituents is 4. The Balaban J connectivity index is 1.49. The lowest BCUT2D eigenvalue weighted by molar-refractivity contribution is -0.386. The number of aromatic hydroxyl groups is 4. The molecule has 0 radical (unpaired) electrons. The highest BCUT2D eigenvalue weighted by molar-refractivity contribution is 5.87. The summed E-state index contributed by atoms with van der Waals surface area (Å²) in [4.78, 5) is 13.2. The van der Waals surface area contributed by atoms with Crippen molar-refractivity contribution in [2.75, 3.05) is 26.4 Å². The predicted molar refractivity (Wildman–Crippen MR) is 175 cm³/mol. The van der Waals surface area contributed by atoms with Gasteiger partial charge in [-0.1, -0.05) is 12.1 Å². The van der Waals surface area contributed by atoms with Crippen LogP contribution in [0.2, 0.25) is 0 Å². The van der Waals surface area contributed by atoms with E-state index in [9.17, 15) is 66.1 Å². The summed E-state index contributed by atoms with van der Waals surface area (Å²) in [7, 11) is 0. The largest absolute Gasteiger partial charge is 0.504 e. The quantitative estimate of drug-likeness (QED) is 0.0532. The van der Waals surface area contributed by atoms with E-state index in [0.29, 0.717) is 5.56 Å². The summed E-state index contributed by atoms with van der Waals surface area (Å²) in [6.07, 6.45) is -22.0. The van der Waals surface area contributed by atoms with Crippen molar-refractivity contribution in [1.82, 2.24) is 0 Å². The molecule has 2 aromatic rings. The van der Waals surface area contributed by atoms with Crippen molar-refractivity contribution in [2.24, 2.45) is 0 Å². The second kappa shape index (κ2) is 18.3. The smallest absolute Gasteiger partial charge is 0.331 e. The molecule has 3 aliphatic heterocycles. The van der Waals surface area contributed by atoms with E-state index < -0.39 is 129 Å². The number of hydrogen-bond acceptors (Lipinski definition) is 20. The van der Waals surface area contributed by atoms with Crippen molar-refractivity contribution in [1.29, 1.82) is 0 Å². The molecule has 12 N–H and O–H groups in total. The van der Waals surface area contributed by atoms with E-state index >= 15 is 0 Å². The maximum absolute atomic E-state index is 13.2. The molecule has 0 saturated carbocycles. The number of aliphatic hydroxyl groups is 8. The summed E-state index contributed by atoms with van der Waals surface area (Å²) in [6.45, 7) is -2.43. The minimum atomic E-state index is -1.99. The van der Waals surface area contributed by atoms with E-state index in [1.807, 2.05) is 0 Å². The zero-order valence-electron chi connectivity index (χ0n) is 28.4. The van der Waals surface area contributed by atoms with Crippen LogP contribution in [0.4, 0.5) is 0 Å². The monoisotopic (exact) mass is 772 g/mol. The van der Waals surface area contributed by atoms with Crippen LogP contribution < -0.4 is 0 Å². The first-order chi connectivity index (χ1) is 25.7. The van der Waals surface area contributed by atoms with Crippen molar-refractivity contribution in [3.63, 3.8) is 0 Å². The normalized spacial score (nSPS) is 35.9. The third-order valence-corrected chi connectivity index (χ3v) is 9.03. The van der Waals surface area contributed by atoms with Crippen molar-refractivity contribution < 1.29 is 99.2 Å². The Kier molecular flexibility index (Phi) is 14.0. The number of hydrogen-bond donors (Lipinski definition) is 12. The van der Waals surface area contributed by atoms with Crippen LogP contribution >= 0.6 is 0 Å². The summed E-state index contributed by atoms with van der Waals surface area (Å²) < 4.78 is 40.7. The SMILES string of the molecule is O=C(/C=C/c1ccc(O)c(O)c1)O[C@H]1[C@H](O[C@@H]2O[C@H](CO)[C@H](O)[C@H](O)[C@H]2O)[C@@H](O[C@@H]2OC[C@H](O)[C@H](O)[C@H]2O)[C@H](OCCc2ccc(O)c(O)c2)O[C@@H]1CO. The maximum Gasteiger partial charge on any atom is 0.331 e. The number of aliphatic hydroxyl groups excluding tert-OH is 8. The fourth-order valence-electron chi connectivity index (χ4n) is 5.99. The first kappa shape index (κ1) is 41.5. The number of ether oxygens (including phenoxy) is 7. The molecule has 3 heterocycles. The van der Waals surface area contributed by atoms with Crippen molar-refractivity contribution >= 4 is 12.0 Å². The molecule has 0 aliphatic carbocycles. The molecule has 0 amide bonds. The molecule has 2 aromatic carbocycles. The fourth-order valence-corrected chi connectivity index (χ4v) is 5.99. The van der Waals surface area contributed by atoms with Gasteiger partial charge in [-0.25, -0.2) is 4.79 Å². The van der Waals surface area contributed by atoms with Crippen LogP contribution in [0, 0.1) is 0 Å². The third-order valence-electron chi connectivity index (χ3n) is 9.03. The Morgan fingerprint density at radius 2 is 1.31 bits per heavy atom. The van der Waals surface area contributed by atoms with Gasteiger partial charge in [0, 0.05) is 6.08 Å². The minimum absolute atomic E-state index is 0.0892. The lowest BCUT2D eigenvalue weighted by Gasteiger charge is -2.49. The second-order valence-electron chi connectivity index (χ2n) is 12.8. The molecule has 0 aromatic heterocycles. The Bertz CT molecular complexity index is 1570. The molecule has 3 saturated heterocycles. The van der Waals surface area contributed by atoms with Crippen molar-refractivity contribution in [3.8, 4) is 23.0 Å². The van der Waals surface area contributed by atoms with Gasteiger partial charge in [0.25, 0.3) is 0 Å². The fraction of sp³-hybridized carbons (Fsp3) is 0.559. The minimum Gasteiger partial charge on any atom is -0.504 e. The highest BCUT2D eigenvalue weighted by atomic mass is 16.8. The van der Waals surface area contributed by atoms with Gasteiger partial charge in [0.2, 0.25) is 0 Å². The Morgan fingerprint density at radius 3 is 1.98 bits per heavy atom. The van der Waals surface area contributed by atoms with E-state index in [-0.39, 0.29) is 24.3 Å². The van der Waals surface area contributed by atoms with Crippen LogP contribution in [0.3, 0.4) is 0 Å². The zero-order chi connectivity index (χ0) is 39.3. The van der Waals surface area contributed by atoms with Crippen LogP contribution in [-0.2, 0) is 44.4 Å². The van der Waals surface area contributed by atoms with Gasteiger partial charge in [0.1, 0.15) is 61.0 Å². The molecule has 5 rings (SSSR count). The van der Waals surface area contributed by atoms with E-state index in [0.717, 1.165) is 12.1 Å². The van der Waals surface area contributed by atoms with Crippen molar-refractivity contribution in [2.45, 2.75) is 92.4 Å². The standard InChI is InChI=1S/C34H44O20/c35-11-21-25(44)26(45)28(47)33(50-21)53-30-29(52-23(42)6-3-14-1-4-16(37)18(39)9-14)22(12-36)51-34(48-8-7-15-2-5-17(38)19(40)10-15)31(30)54-32-27(46)24(43)20(41)13-49-32/h1-6,9-10,20-22,24-41,43-47H,7-8,11-13H2/b6-3+/t20-,21+,22+,24-,25-,26-,27+,28+,29+,30-,31+,32-,33-,34+/m0/s1. The van der Waals surface area contributed by atoms with Crippen LogP contribution in [0.5, 0.6) is 23.0 Å². The lowest BCUT2D eigenvalue weighted by atomic mass is 9.96. The van der Waals surface area contributed by atoms with Gasteiger partial charge in [-0.05, 0) is 47.9 Å². The first-order valence-electron chi connectivity index (χ1n) is 16.8. The number of benzene rings is 2. The van der Waals surface area contributed by atoms with Gasteiger partial charge in [0.15, 0.2) is 48.0 Å². The average Bonchev–Trinajstić information content (AvgIpc) is 3.15. The van der Waals surface area contributed by atoms with E-state index in [1.165, 1.54) is 36.4 Å². The summed E-state index contributed by atoms with van der Waals surface area (Å²) in [5.74, 6) is -2.74. The van der Waals surface area contributed by atoms with Gasteiger partial charge >= 0.3 is 5.97 Å². The summed E-state index contributed by atoms with van der Waals surface area (Å²) in [6, 6.07) is 7.71. The summed E-state index contributed by atoms with van der Waals surface area (Å²) in [5.41, 5.74) is 0.755. The van der Waals surface area contributed by atoms with Crippen LogP contribution in [0.1, 0.15) is 11.1 Å². The molecule has 20 nitrogen and oxygen atoms in total. The topological polar surface area (TPSA) is 324 Å². The van der Waals surface area contributed by atoms with Gasteiger partial charge in [-0.15, -0.1) is 0 Å². The summed E-state index contributed by atoms with van der Waals surface area (Å²) in [5, 5.41) is 122. The highest BCUT2D eigenvalue weighted by Crippen LogP contribution is 2.35. The molecule has 0 spiro atoms. The molecule has 0 unspecified atom stereocenters. The van der Waals surface area contributed by atoms with Gasteiger partial charge in [-0.2, -0.15) is 0 Å².